The first kappa shape index (κ1) is 51.9. The summed E-state index contributed by atoms with van der Waals surface area (Å²) < 4.78 is 0. The van der Waals surface area contributed by atoms with E-state index in [1.54, 1.807) is 108 Å². The van der Waals surface area contributed by atoms with Crippen LogP contribution in [-0.4, -0.2) is 33.8 Å². The Kier molecular flexibility index (Phi) is 32.0. The number of rotatable bonds is 0. The first-order valence-electron chi connectivity index (χ1n) is 12.3. The molecule has 0 bridgehead atoms. The van der Waals surface area contributed by atoms with Gasteiger partial charge in [0.2, 0.25) is 0 Å². The van der Waals surface area contributed by atoms with Gasteiger partial charge in [0.25, 0.3) is 0 Å². The van der Waals surface area contributed by atoms with Crippen molar-refractivity contribution in [1.29, 1.82) is 0 Å². The minimum absolute atomic E-state index is 0. The van der Waals surface area contributed by atoms with Crippen molar-refractivity contribution in [2.45, 2.75) is 83.1 Å². The van der Waals surface area contributed by atoms with Crippen molar-refractivity contribution < 1.29 is 73.7 Å². The third-order valence-electron chi connectivity index (χ3n) is 3.58. The minimum atomic E-state index is -1.01. The fourth-order valence-electron chi connectivity index (χ4n) is 0.625. The molecule has 0 fully saturated rings. The summed E-state index contributed by atoms with van der Waals surface area (Å²) in [6.45, 7) is 19.2. The number of carboxylic acid groups (broad SMARTS) is 4. The molecule has 0 spiro atoms. The van der Waals surface area contributed by atoms with E-state index < -0.39 is 45.5 Å². The van der Waals surface area contributed by atoms with Gasteiger partial charge in [-0.2, -0.15) is 0 Å². The number of carbonyl (C=O) groups is 4. The molecule has 2 rings (SSSR count). The Labute approximate surface area is 272 Å². The molecule has 0 aliphatic rings. The predicted molar refractivity (Wildman–Crippen MR) is 146 cm³/mol. The van der Waals surface area contributed by atoms with Crippen molar-refractivity contribution in [2.75, 3.05) is 0 Å². The molecular formula is C30H46Cu2N2O8. The van der Waals surface area contributed by atoms with Crippen LogP contribution in [0, 0.1) is 21.7 Å². The molecule has 0 aliphatic carbocycles. The zero-order valence-electron chi connectivity index (χ0n) is 26.5. The minimum Gasteiger partial charge on any atom is -0.550 e. The summed E-state index contributed by atoms with van der Waals surface area (Å²) in [5.41, 5.74) is -2.78. The van der Waals surface area contributed by atoms with Crippen LogP contribution < -0.4 is 20.4 Å². The third-order valence-corrected chi connectivity index (χ3v) is 3.58. The fourth-order valence-corrected chi connectivity index (χ4v) is 0.625. The van der Waals surface area contributed by atoms with Gasteiger partial charge in [-0.25, -0.2) is 0 Å². The molecule has 0 amide bonds. The maximum Gasteiger partial charge on any atom is 2.00 e. The molecule has 0 saturated carbocycles. The van der Waals surface area contributed by atoms with Crippen molar-refractivity contribution >= 4 is 23.9 Å². The molecule has 12 heteroatoms. The molecule has 0 saturated heterocycles. The van der Waals surface area contributed by atoms with Gasteiger partial charge in [0, 0.05) is 70.3 Å². The van der Waals surface area contributed by atoms with Crippen LogP contribution in [0.3, 0.4) is 0 Å². The van der Waals surface area contributed by atoms with Crippen molar-refractivity contribution in [3.05, 3.63) is 61.2 Å². The molecule has 10 nitrogen and oxygen atoms in total. The Morgan fingerprint density at radius 2 is 0.500 bits per heavy atom. The summed E-state index contributed by atoms with van der Waals surface area (Å²) in [6, 6.07) is 11.4. The second-order valence-corrected chi connectivity index (χ2v) is 12.2. The molecule has 2 aromatic heterocycles. The number of aromatic nitrogens is 2. The summed E-state index contributed by atoms with van der Waals surface area (Å²) >= 11 is 0. The van der Waals surface area contributed by atoms with Crippen LogP contribution in [-0.2, 0) is 53.3 Å². The summed E-state index contributed by atoms with van der Waals surface area (Å²) in [4.78, 5) is 47.2. The molecule has 0 N–H and O–H groups in total. The van der Waals surface area contributed by atoms with E-state index in [1.807, 2.05) is 36.4 Å². The normalized spacial score (nSPS) is 9.81. The molecule has 0 aliphatic heterocycles. The first-order chi connectivity index (χ1) is 17.8. The van der Waals surface area contributed by atoms with Gasteiger partial charge in [-0.15, -0.1) is 0 Å². The van der Waals surface area contributed by atoms with Gasteiger partial charge >= 0.3 is 34.1 Å². The van der Waals surface area contributed by atoms with Crippen molar-refractivity contribution in [1.82, 2.24) is 9.97 Å². The van der Waals surface area contributed by atoms with Gasteiger partial charge in [-0.1, -0.05) is 95.2 Å². The molecule has 0 aromatic carbocycles. The maximum absolute atomic E-state index is 9.91. The average Bonchev–Trinajstić information content (AvgIpc) is 2.81. The summed E-state index contributed by atoms with van der Waals surface area (Å²) in [7, 11) is 0. The Bertz CT molecular complexity index is 767. The molecule has 246 valence electrons. The Morgan fingerprint density at radius 3 is 0.524 bits per heavy atom. The molecule has 2 aromatic rings. The second kappa shape index (κ2) is 25.9. The monoisotopic (exact) mass is 688 g/mol. The van der Waals surface area contributed by atoms with Crippen LogP contribution in [0.5, 0.6) is 0 Å². The van der Waals surface area contributed by atoms with Crippen LogP contribution >= 0.6 is 0 Å². The summed E-state index contributed by atoms with van der Waals surface area (Å²) in [6.07, 6.45) is 7.00. The summed E-state index contributed by atoms with van der Waals surface area (Å²) in [5, 5.41) is 39.6. The molecule has 2 radical (unpaired) electrons. The van der Waals surface area contributed by atoms with Gasteiger partial charge < -0.3 is 39.6 Å². The van der Waals surface area contributed by atoms with Crippen molar-refractivity contribution in [2.24, 2.45) is 21.7 Å². The molecule has 42 heavy (non-hydrogen) atoms. The van der Waals surface area contributed by atoms with E-state index in [-0.39, 0.29) is 34.1 Å². The Balaban J connectivity index is -0.0000000917. The second-order valence-electron chi connectivity index (χ2n) is 12.2. The first-order valence-corrected chi connectivity index (χ1v) is 12.3. The number of hydrogen-bond donors (Lipinski definition) is 0. The van der Waals surface area contributed by atoms with Crippen LogP contribution in [0.15, 0.2) is 61.2 Å². The number of carbonyl (C=O) groups excluding carboxylic acids is 4. The maximum atomic E-state index is 9.91. The van der Waals surface area contributed by atoms with E-state index in [0.29, 0.717) is 0 Å². The largest absolute Gasteiger partial charge is 2.00 e. The van der Waals surface area contributed by atoms with E-state index >= 15 is 0 Å². The zero-order chi connectivity index (χ0) is 32.8. The van der Waals surface area contributed by atoms with Crippen LogP contribution in [0.4, 0.5) is 0 Å². The molecule has 0 atom stereocenters. The van der Waals surface area contributed by atoms with Gasteiger partial charge in [0.15, 0.2) is 0 Å². The average molecular weight is 690 g/mol. The fraction of sp³-hybridized carbons (Fsp3) is 0.533. The third kappa shape index (κ3) is 44.2. The smallest absolute Gasteiger partial charge is 0.550 e. The molecular weight excluding hydrogens is 643 g/mol. The topological polar surface area (TPSA) is 186 Å². The zero-order valence-corrected chi connectivity index (χ0v) is 28.4. The predicted octanol–water partition coefficient (Wildman–Crippen LogP) is 1.29. The van der Waals surface area contributed by atoms with Gasteiger partial charge in [-0.05, 0) is 24.3 Å². The van der Waals surface area contributed by atoms with Crippen LogP contribution in [0.2, 0.25) is 0 Å². The van der Waals surface area contributed by atoms with E-state index in [1.165, 1.54) is 0 Å². The standard InChI is InChI=1S/2C5H5N.4C5H10O2.2Cu/c2*1-2-4-6-5-3-1;4*1-5(2,3)4(6)7;;/h2*1-5H;4*1-3H3,(H,6,7);;/q;;;;;;2*+2/p-4. The van der Waals surface area contributed by atoms with E-state index in [4.69, 9.17) is 0 Å². The number of nitrogens with zero attached hydrogens (tertiary/aromatic N) is 2. The van der Waals surface area contributed by atoms with Gasteiger partial charge in [0.1, 0.15) is 0 Å². The van der Waals surface area contributed by atoms with Crippen LogP contribution in [0.1, 0.15) is 83.1 Å². The summed E-state index contributed by atoms with van der Waals surface area (Å²) in [5.74, 6) is -4.03. The van der Waals surface area contributed by atoms with Crippen molar-refractivity contribution in [3.8, 4) is 0 Å². The SMILES string of the molecule is CC(C)(C)C(=O)[O-].CC(C)(C)C(=O)[O-].CC(C)(C)C(=O)[O-].CC(C)(C)C(=O)[O-].[Cu+2].[Cu+2].c1ccncc1.c1ccncc1. The molecule has 2 heterocycles. The number of pyridine rings is 2. The van der Waals surface area contributed by atoms with E-state index in [0.717, 1.165) is 0 Å². The quantitative estimate of drug-likeness (QED) is 0.365. The Hall–Kier alpha value is -2.78. The van der Waals surface area contributed by atoms with Gasteiger partial charge in [0.05, 0.1) is 0 Å². The molecule has 0 unspecified atom stereocenters. The van der Waals surface area contributed by atoms with Crippen LogP contribution in [0.25, 0.3) is 0 Å². The number of hydrogen-bond acceptors (Lipinski definition) is 10. The number of aliphatic carboxylic acids is 4. The number of carboxylic acids is 4. The Morgan fingerprint density at radius 1 is 0.381 bits per heavy atom. The van der Waals surface area contributed by atoms with Gasteiger partial charge in [-0.3, -0.25) is 9.97 Å². The van der Waals surface area contributed by atoms with E-state index in [9.17, 15) is 39.6 Å². The van der Waals surface area contributed by atoms with Crippen molar-refractivity contribution in [3.63, 3.8) is 0 Å². The van der Waals surface area contributed by atoms with E-state index in [2.05, 4.69) is 9.97 Å².